The van der Waals surface area contributed by atoms with E-state index in [9.17, 15) is 8.78 Å². The molecular formula is C19H12F2N2S. The van der Waals surface area contributed by atoms with Crippen molar-refractivity contribution in [2.24, 2.45) is 0 Å². The minimum Gasteiger partial charge on any atom is -0.240 e. The van der Waals surface area contributed by atoms with Crippen LogP contribution in [-0.2, 0) is 5.41 Å². The number of rotatable bonds is 3. The highest BCUT2D eigenvalue weighted by molar-refractivity contribution is 7.10. The molecule has 1 fully saturated rings. The SMILES string of the molecule is N#Cc1ccc(-c2csc(C3(c4c(F)cccc4F)CC3)n2)cc1. The third kappa shape index (κ3) is 2.31. The van der Waals surface area contributed by atoms with E-state index in [1.54, 1.807) is 12.1 Å². The van der Waals surface area contributed by atoms with Crippen molar-refractivity contribution in [3.05, 3.63) is 75.6 Å². The Morgan fingerprint density at radius 1 is 1.04 bits per heavy atom. The van der Waals surface area contributed by atoms with Crippen LogP contribution in [-0.4, -0.2) is 4.98 Å². The van der Waals surface area contributed by atoms with Crippen LogP contribution in [0, 0.1) is 23.0 Å². The predicted octanol–water partition coefficient (Wildman–Crippen LogP) is 5.04. The van der Waals surface area contributed by atoms with Crippen molar-refractivity contribution in [1.82, 2.24) is 4.98 Å². The zero-order chi connectivity index (χ0) is 16.7. The summed E-state index contributed by atoms with van der Waals surface area (Å²) in [4.78, 5) is 4.63. The molecule has 0 unspecified atom stereocenters. The van der Waals surface area contributed by atoms with Crippen LogP contribution in [0.15, 0.2) is 47.8 Å². The van der Waals surface area contributed by atoms with Crippen LogP contribution >= 0.6 is 11.3 Å². The van der Waals surface area contributed by atoms with E-state index in [2.05, 4.69) is 11.1 Å². The monoisotopic (exact) mass is 338 g/mol. The van der Waals surface area contributed by atoms with Gasteiger partial charge in [0, 0.05) is 16.5 Å². The number of hydrogen-bond donors (Lipinski definition) is 0. The zero-order valence-corrected chi connectivity index (χ0v) is 13.4. The van der Waals surface area contributed by atoms with Crippen LogP contribution in [0.1, 0.15) is 29.0 Å². The third-order valence-corrected chi connectivity index (χ3v) is 5.46. The maximum atomic E-state index is 14.2. The Kier molecular flexibility index (Phi) is 3.43. The lowest BCUT2D eigenvalue weighted by Crippen LogP contribution is -2.13. The van der Waals surface area contributed by atoms with E-state index < -0.39 is 17.0 Å². The zero-order valence-electron chi connectivity index (χ0n) is 12.6. The highest BCUT2D eigenvalue weighted by atomic mass is 32.1. The minimum atomic E-state index is -0.634. The second-order valence-corrected chi connectivity index (χ2v) is 6.76. The van der Waals surface area contributed by atoms with Gasteiger partial charge in [0.15, 0.2) is 0 Å². The van der Waals surface area contributed by atoms with Crippen molar-refractivity contribution in [1.29, 1.82) is 5.26 Å². The quantitative estimate of drug-likeness (QED) is 0.671. The Morgan fingerprint density at radius 2 is 1.71 bits per heavy atom. The maximum absolute atomic E-state index is 14.2. The highest BCUT2D eigenvalue weighted by Crippen LogP contribution is 2.56. The lowest BCUT2D eigenvalue weighted by Gasteiger charge is -2.14. The fourth-order valence-electron chi connectivity index (χ4n) is 2.99. The van der Waals surface area contributed by atoms with Gasteiger partial charge >= 0.3 is 0 Å². The summed E-state index contributed by atoms with van der Waals surface area (Å²) in [5.41, 5.74) is 1.74. The first-order valence-corrected chi connectivity index (χ1v) is 8.43. The van der Waals surface area contributed by atoms with E-state index in [0.29, 0.717) is 18.4 Å². The molecule has 1 saturated carbocycles. The fraction of sp³-hybridized carbons (Fsp3) is 0.158. The number of benzene rings is 2. The van der Waals surface area contributed by atoms with E-state index in [1.807, 2.05) is 17.5 Å². The van der Waals surface area contributed by atoms with Crippen LogP contribution in [0.3, 0.4) is 0 Å². The topological polar surface area (TPSA) is 36.7 Å². The molecule has 4 rings (SSSR count). The molecule has 1 aromatic heterocycles. The Labute approximate surface area is 142 Å². The highest BCUT2D eigenvalue weighted by Gasteiger charge is 2.51. The molecule has 24 heavy (non-hydrogen) atoms. The molecule has 2 aromatic carbocycles. The molecule has 0 bridgehead atoms. The first kappa shape index (κ1) is 15.0. The standard InChI is InChI=1S/C19H12F2N2S/c20-14-2-1-3-15(21)17(14)19(8-9-19)18-23-16(11-24-18)13-6-4-12(10-22)5-7-13/h1-7,11H,8-9H2. The van der Waals surface area contributed by atoms with Gasteiger partial charge in [0.2, 0.25) is 0 Å². The lowest BCUT2D eigenvalue weighted by atomic mass is 9.95. The summed E-state index contributed by atoms with van der Waals surface area (Å²) in [7, 11) is 0. The Morgan fingerprint density at radius 3 is 2.29 bits per heavy atom. The van der Waals surface area contributed by atoms with Crippen LogP contribution in [0.4, 0.5) is 8.78 Å². The van der Waals surface area contributed by atoms with E-state index in [-0.39, 0.29) is 5.56 Å². The van der Waals surface area contributed by atoms with Crippen LogP contribution in [0.25, 0.3) is 11.3 Å². The van der Waals surface area contributed by atoms with Crippen LogP contribution in [0.5, 0.6) is 0 Å². The molecule has 0 N–H and O–H groups in total. The van der Waals surface area contributed by atoms with Gasteiger partial charge in [0.1, 0.15) is 16.6 Å². The maximum Gasteiger partial charge on any atom is 0.130 e. The molecule has 0 radical (unpaired) electrons. The molecule has 0 saturated heterocycles. The first-order chi connectivity index (χ1) is 11.6. The number of thiazole rings is 1. The number of aromatic nitrogens is 1. The van der Waals surface area contributed by atoms with Crippen molar-refractivity contribution >= 4 is 11.3 Å². The lowest BCUT2D eigenvalue weighted by molar-refractivity contribution is 0.536. The number of hydrogen-bond acceptors (Lipinski definition) is 3. The van der Waals surface area contributed by atoms with Crippen molar-refractivity contribution in [3.8, 4) is 17.3 Å². The predicted molar refractivity (Wildman–Crippen MR) is 88.6 cm³/mol. The largest absolute Gasteiger partial charge is 0.240 e. The molecule has 5 heteroatoms. The average molecular weight is 338 g/mol. The summed E-state index contributed by atoms with van der Waals surface area (Å²) in [5.74, 6) is -1.02. The molecule has 0 amide bonds. The van der Waals surface area contributed by atoms with Crippen molar-refractivity contribution in [2.75, 3.05) is 0 Å². The summed E-state index contributed by atoms with van der Waals surface area (Å²) in [6, 6.07) is 13.2. The molecule has 0 spiro atoms. The fourth-order valence-corrected chi connectivity index (χ4v) is 4.09. The third-order valence-electron chi connectivity index (χ3n) is 4.41. The molecule has 2 nitrogen and oxygen atoms in total. The second-order valence-electron chi connectivity index (χ2n) is 5.91. The van der Waals surface area contributed by atoms with Gasteiger partial charge < -0.3 is 0 Å². The summed E-state index contributed by atoms with van der Waals surface area (Å²) in [5, 5.41) is 11.5. The van der Waals surface area contributed by atoms with Gasteiger partial charge in [-0.05, 0) is 37.1 Å². The van der Waals surface area contributed by atoms with Crippen LogP contribution in [0.2, 0.25) is 0 Å². The van der Waals surface area contributed by atoms with Crippen molar-refractivity contribution in [2.45, 2.75) is 18.3 Å². The molecule has 1 aliphatic carbocycles. The Balaban J connectivity index is 1.73. The van der Waals surface area contributed by atoms with E-state index in [0.717, 1.165) is 16.3 Å². The van der Waals surface area contributed by atoms with Crippen molar-refractivity contribution in [3.63, 3.8) is 0 Å². The van der Waals surface area contributed by atoms with Gasteiger partial charge in [-0.2, -0.15) is 5.26 Å². The van der Waals surface area contributed by atoms with Crippen LogP contribution < -0.4 is 0 Å². The van der Waals surface area contributed by atoms with E-state index in [4.69, 9.17) is 5.26 Å². The normalized spacial score (nSPS) is 15.0. The van der Waals surface area contributed by atoms with Gasteiger partial charge in [0.05, 0.1) is 22.7 Å². The second kappa shape index (κ2) is 5.50. The summed E-state index contributed by atoms with van der Waals surface area (Å²) in [6.07, 6.45) is 1.40. The van der Waals surface area contributed by atoms with Gasteiger partial charge in [-0.25, -0.2) is 13.8 Å². The Bertz CT molecular complexity index is 930. The smallest absolute Gasteiger partial charge is 0.130 e. The summed E-state index contributed by atoms with van der Waals surface area (Å²) >= 11 is 1.43. The van der Waals surface area contributed by atoms with Gasteiger partial charge in [-0.15, -0.1) is 11.3 Å². The average Bonchev–Trinajstić information content (AvgIpc) is 3.22. The minimum absolute atomic E-state index is 0.130. The number of halogens is 2. The molecule has 1 aliphatic rings. The first-order valence-electron chi connectivity index (χ1n) is 7.55. The van der Waals surface area contributed by atoms with Crippen molar-refractivity contribution < 1.29 is 8.78 Å². The number of nitrogens with zero attached hydrogens (tertiary/aromatic N) is 2. The van der Waals surface area contributed by atoms with Gasteiger partial charge in [-0.1, -0.05) is 18.2 Å². The van der Waals surface area contributed by atoms with E-state index in [1.165, 1.54) is 29.5 Å². The molecule has 0 aliphatic heterocycles. The molecule has 3 aromatic rings. The molecule has 118 valence electrons. The van der Waals surface area contributed by atoms with Gasteiger partial charge in [0.25, 0.3) is 0 Å². The summed E-state index contributed by atoms with van der Waals surface area (Å²) < 4.78 is 28.4. The molecular weight excluding hydrogens is 326 g/mol. The summed E-state index contributed by atoms with van der Waals surface area (Å²) in [6.45, 7) is 0. The Hall–Kier alpha value is -2.58. The molecule has 0 atom stereocenters. The van der Waals surface area contributed by atoms with E-state index >= 15 is 0 Å². The number of nitriles is 1. The molecule has 1 heterocycles. The van der Waals surface area contributed by atoms with Gasteiger partial charge in [-0.3, -0.25) is 0 Å².